The van der Waals surface area contributed by atoms with Gasteiger partial charge in [0.15, 0.2) is 5.13 Å². The van der Waals surface area contributed by atoms with Crippen LogP contribution in [-0.4, -0.2) is 39.0 Å². The van der Waals surface area contributed by atoms with Crippen LogP contribution in [0.4, 0.5) is 10.8 Å². The van der Waals surface area contributed by atoms with Crippen molar-refractivity contribution in [2.45, 2.75) is 37.0 Å². The molecule has 7 nitrogen and oxygen atoms in total. The maximum atomic E-state index is 13.4. The Kier molecular flexibility index (Phi) is 6.34. The number of rotatable bonds is 5. The van der Waals surface area contributed by atoms with E-state index in [-0.39, 0.29) is 10.5 Å². The van der Waals surface area contributed by atoms with E-state index in [0.717, 1.165) is 52.5 Å². The molecule has 0 spiro atoms. The van der Waals surface area contributed by atoms with Crippen molar-refractivity contribution in [3.05, 3.63) is 77.9 Å². The van der Waals surface area contributed by atoms with Gasteiger partial charge in [-0.05, 0) is 80.1 Å². The van der Waals surface area contributed by atoms with Crippen molar-refractivity contribution in [1.82, 2.24) is 4.98 Å². The Labute approximate surface area is 220 Å². The smallest absolute Gasteiger partial charge is 0.343 e. The molecule has 1 saturated heterocycles. The van der Waals surface area contributed by atoms with Crippen LogP contribution in [0.3, 0.4) is 0 Å². The third-order valence-electron chi connectivity index (χ3n) is 6.93. The quantitative estimate of drug-likeness (QED) is 0.244. The summed E-state index contributed by atoms with van der Waals surface area (Å²) in [6.45, 7) is 2.48. The normalized spacial score (nSPS) is 16.0. The predicted molar refractivity (Wildman–Crippen MR) is 146 cm³/mol. The van der Waals surface area contributed by atoms with Crippen molar-refractivity contribution in [2.75, 3.05) is 28.8 Å². The number of hydrogen-bond acceptors (Lipinski definition) is 7. The van der Waals surface area contributed by atoms with Gasteiger partial charge < -0.3 is 9.64 Å². The SMILES string of the molecule is O=C(Oc1ccc2nc(N3CCCCC3)sc2c1)c1ccc(S(=O)(=O)N2CCCc3ccccc32)cc1. The van der Waals surface area contributed by atoms with Crippen LogP contribution in [0.15, 0.2) is 71.6 Å². The molecule has 0 aliphatic carbocycles. The zero-order chi connectivity index (χ0) is 25.4. The maximum Gasteiger partial charge on any atom is 0.343 e. The number of carbonyl (C=O) groups excluding carboxylic acids is 1. The largest absolute Gasteiger partial charge is 0.423 e. The second kappa shape index (κ2) is 9.79. The Morgan fingerprint density at radius 1 is 0.892 bits per heavy atom. The standard InChI is InChI=1S/C28H27N3O4S2/c32-27(35-22-12-15-24-26(19-22)36-28(29-24)30-16-4-1-5-17-30)21-10-13-23(14-11-21)37(33,34)31-18-6-8-20-7-2-3-9-25(20)31/h2-3,7,9-15,19H,1,4-6,8,16-18H2. The Morgan fingerprint density at radius 2 is 1.68 bits per heavy atom. The molecule has 37 heavy (non-hydrogen) atoms. The summed E-state index contributed by atoms with van der Waals surface area (Å²) in [7, 11) is -3.74. The summed E-state index contributed by atoms with van der Waals surface area (Å²) in [4.78, 5) is 20.0. The summed E-state index contributed by atoms with van der Waals surface area (Å²) >= 11 is 1.61. The van der Waals surface area contributed by atoms with Crippen LogP contribution in [0.2, 0.25) is 0 Å². The first-order valence-electron chi connectivity index (χ1n) is 12.6. The van der Waals surface area contributed by atoms with E-state index >= 15 is 0 Å². The Balaban J connectivity index is 1.18. The van der Waals surface area contributed by atoms with Gasteiger partial charge in [-0.25, -0.2) is 18.2 Å². The maximum absolute atomic E-state index is 13.4. The number of para-hydroxylation sites is 1. The number of nitrogens with zero attached hydrogens (tertiary/aromatic N) is 3. The molecule has 3 heterocycles. The van der Waals surface area contributed by atoms with Gasteiger partial charge in [-0.15, -0.1) is 0 Å². The van der Waals surface area contributed by atoms with E-state index in [1.807, 2.05) is 36.4 Å². The molecule has 2 aliphatic heterocycles. The fourth-order valence-corrected chi connectivity index (χ4v) is 7.57. The number of sulfonamides is 1. The summed E-state index contributed by atoms with van der Waals surface area (Å²) in [6.07, 6.45) is 5.26. The molecule has 0 radical (unpaired) electrons. The minimum atomic E-state index is -3.74. The van der Waals surface area contributed by atoms with E-state index < -0.39 is 16.0 Å². The number of ether oxygens (including phenoxy) is 1. The average molecular weight is 534 g/mol. The lowest BCUT2D eigenvalue weighted by Crippen LogP contribution is -2.35. The van der Waals surface area contributed by atoms with Crippen LogP contribution in [0, 0.1) is 0 Å². The van der Waals surface area contributed by atoms with E-state index in [2.05, 4.69) is 4.90 Å². The third-order valence-corrected chi connectivity index (χ3v) is 9.84. The molecule has 0 amide bonds. The van der Waals surface area contributed by atoms with Gasteiger partial charge in [0.2, 0.25) is 0 Å². The number of benzene rings is 3. The molecule has 2 aliphatic rings. The van der Waals surface area contributed by atoms with Crippen LogP contribution < -0.4 is 13.9 Å². The first-order chi connectivity index (χ1) is 18.0. The van der Waals surface area contributed by atoms with Gasteiger partial charge in [0, 0.05) is 25.7 Å². The highest BCUT2D eigenvalue weighted by molar-refractivity contribution is 7.92. The van der Waals surface area contributed by atoms with Gasteiger partial charge >= 0.3 is 5.97 Å². The van der Waals surface area contributed by atoms with E-state index in [1.165, 1.54) is 47.8 Å². The second-order valence-corrected chi connectivity index (χ2v) is 12.3. The molecule has 0 bridgehead atoms. The Hall–Kier alpha value is -3.43. The van der Waals surface area contributed by atoms with E-state index in [0.29, 0.717) is 12.3 Å². The molecule has 1 fully saturated rings. The lowest BCUT2D eigenvalue weighted by Gasteiger charge is -2.30. The molecule has 0 N–H and O–H groups in total. The number of hydrogen-bond donors (Lipinski definition) is 0. The number of aromatic nitrogens is 1. The number of aryl methyl sites for hydroxylation is 1. The molecule has 0 atom stereocenters. The van der Waals surface area contributed by atoms with Crippen LogP contribution >= 0.6 is 11.3 Å². The molecule has 3 aromatic carbocycles. The minimum Gasteiger partial charge on any atom is -0.423 e. The molecule has 190 valence electrons. The summed E-state index contributed by atoms with van der Waals surface area (Å²) in [5.41, 5.74) is 2.92. The number of carbonyl (C=O) groups is 1. The van der Waals surface area contributed by atoms with Gasteiger partial charge in [0.1, 0.15) is 5.75 Å². The van der Waals surface area contributed by atoms with E-state index in [9.17, 15) is 13.2 Å². The summed E-state index contributed by atoms with van der Waals surface area (Å²) in [5, 5.41) is 1.01. The minimum absolute atomic E-state index is 0.150. The molecular formula is C28H27N3O4S2. The number of anilines is 2. The Bertz CT molecular complexity index is 1560. The molecule has 0 unspecified atom stereocenters. The summed E-state index contributed by atoms with van der Waals surface area (Å²) < 4.78 is 34.8. The predicted octanol–water partition coefficient (Wildman–Crippen LogP) is 5.65. The number of piperidine rings is 1. The first kappa shape index (κ1) is 23.9. The second-order valence-electron chi connectivity index (χ2n) is 9.40. The number of esters is 1. The van der Waals surface area contributed by atoms with E-state index in [4.69, 9.17) is 9.72 Å². The topological polar surface area (TPSA) is 79.8 Å². The molecule has 9 heteroatoms. The van der Waals surface area contributed by atoms with Crippen LogP contribution in [0.5, 0.6) is 5.75 Å². The molecule has 6 rings (SSSR count). The molecular weight excluding hydrogens is 506 g/mol. The van der Waals surface area contributed by atoms with Crippen molar-refractivity contribution in [3.8, 4) is 5.75 Å². The zero-order valence-corrected chi connectivity index (χ0v) is 21.9. The van der Waals surface area contributed by atoms with Crippen LogP contribution in [-0.2, 0) is 16.4 Å². The van der Waals surface area contributed by atoms with Crippen molar-refractivity contribution >= 4 is 48.4 Å². The summed E-state index contributed by atoms with van der Waals surface area (Å²) in [6, 6.07) is 19.0. The van der Waals surface area contributed by atoms with E-state index in [1.54, 1.807) is 17.4 Å². The van der Waals surface area contributed by atoms with Crippen LogP contribution in [0.1, 0.15) is 41.6 Å². The highest BCUT2D eigenvalue weighted by Gasteiger charge is 2.29. The lowest BCUT2D eigenvalue weighted by atomic mass is 10.0. The van der Waals surface area contributed by atoms with Gasteiger partial charge in [0.25, 0.3) is 10.0 Å². The van der Waals surface area contributed by atoms with Crippen LogP contribution in [0.25, 0.3) is 10.2 Å². The third kappa shape index (κ3) is 4.69. The van der Waals surface area contributed by atoms with Gasteiger partial charge in [-0.2, -0.15) is 0 Å². The zero-order valence-electron chi connectivity index (χ0n) is 20.3. The fourth-order valence-electron chi connectivity index (χ4n) is 4.98. The molecule has 4 aromatic rings. The number of thiazole rings is 1. The lowest BCUT2D eigenvalue weighted by molar-refractivity contribution is 0.0735. The summed E-state index contributed by atoms with van der Waals surface area (Å²) in [5.74, 6) is -0.0969. The molecule has 0 saturated carbocycles. The van der Waals surface area contributed by atoms with Crippen molar-refractivity contribution in [2.24, 2.45) is 0 Å². The van der Waals surface area contributed by atoms with Crippen molar-refractivity contribution in [1.29, 1.82) is 0 Å². The van der Waals surface area contributed by atoms with Gasteiger partial charge in [-0.3, -0.25) is 4.31 Å². The fraction of sp³-hybridized carbons (Fsp3) is 0.286. The van der Waals surface area contributed by atoms with Gasteiger partial charge in [0.05, 0.1) is 26.4 Å². The van der Waals surface area contributed by atoms with Crippen molar-refractivity contribution in [3.63, 3.8) is 0 Å². The number of fused-ring (bicyclic) bond motifs is 2. The molecule has 1 aromatic heterocycles. The van der Waals surface area contributed by atoms with Crippen molar-refractivity contribution < 1.29 is 17.9 Å². The Morgan fingerprint density at radius 3 is 2.49 bits per heavy atom. The first-order valence-corrected chi connectivity index (χ1v) is 14.8. The van der Waals surface area contributed by atoms with Gasteiger partial charge in [-0.1, -0.05) is 29.5 Å². The monoisotopic (exact) mass is 533 g/mol. The average Bonchev–Trinajstić information content (AvgIpc) is 3.37. The highest BCUT2D eigenvalue weighted by atomic mass is 32.2. The highest BCUT2D eigenvalue weighted by Crippen LogP contribution is 2.34.